The van der Waals surface area contributed by atoms with Crippen LogP contribution in [-0.2, 0) is 4.79 Å². The average Bonchev–Trinajstić information content (AvgIpc) is 3.37. The molecule has 0 fully saturated rings. The molecule has 0 aliphatic heterocycles. The van der Waals surface area contributed by atoms with Crippen LogP contribution in [0.15, 0.2) is 103 Å². The first-order chi connectivity index (χ1) is 19.4. The number of aromatic nitrogens is 2. The van der Waals surface area contributed by atoms with Crippen LogP contribution < -0.4 is 10.6 Å². The van der Waals surface area contributed by atoms with Gasteiger partial charge in [-0.1, -0.05) is 98.3 Å². The van der Waals surface area contributed by atoms with E-state index in [2.05, 4.69) is 10.6 Å². The van der Waals surface area contributed by atoms with Crippen LogP contribution >= 0.6 is 0 Å². The molecule has 202 valence electrons. The van der Waals surface area contributed by atoms with Gasteiger partial charge in [0.05, 0.1) is 17.1 Å². The van der Waals surface area contributed by atoms with Crippen molar-refractivity contribution in [2.45, 2.75) is 20.8 Å². The van der Waals surface area contributed by atoms with Crippen molar-refractivity contribution in [3.05, 3.63) is 109 Å². The normalized spacial score (nSPS) is 11.0. The minimum atomic E-state index is -0.322. The first-order valence-corrected chi connectivity index (χ1v) is 13.4. The van der Waals surface area contributed by atoms with E-state index in [4.69, 9.17) is 5.10 Å². The number of amides is 3. The number of nitrogens with zero attached hydrogens (tertiary/aromatic N) is 3. The molecule has 0 unspecified atom stereocenters. The number of hydrogen-bond donors (Lipinski definition) is 2. The molecule has 1 aromatic heterocycles. The van der Waals surface area contributed by atoms with E-state index in [1.165, 1.54) is 0 Å². The molecule has 0 atom stereocenters. The molecule has 2 N–H and O–H groups in total. The summed E-state index contributed by atoms with van der Waals surface area (Å²) in [6.07, 6.45) is 0. The minimum absolute atomic E-state index is 0.103. The largest absolute Gasteiger partial charge is 0.322 e. The summed E-state index contributed by atoms with van der Waals surface area (Å²) in [5.41, 5.74) is 4.35. The third-order valence-corrected chi connectivity index (χ3v) is 6.56. The van der Waals surface area contributed by atoms with Gasteiger partial charge in [-0.2, -0.15) is 5.10 Å². The topological polar surface area (TPSA) is 79.3 Å². The van der Waals surface area contributed by atoms with Gasteiger partial charge in [0.25, 0.3) is 0 Å². The molecule has 0 spiro atoms. The van der Waals surface area contributed by atoms with Crippen LogP contribution in [0.4, 0.5) is 16.3 Å². The Kier molecular flexibility index (Phi) is 7.92. The summed E-state index contributed by atoms with van der Waals surface area (Å²) in [6.45, 7) is 6.39. The third kappa shape index (κ3) is 6.21. The second-order valence-corrected chi connectivity index (χ2v) is 10.3. The van der Waals surface area contributed by atoms with Crippen molar-refractivity contribution in [1.29, 1.82) is 0 Å². The van der Waals surface area contributed by atoms with Crippen molar-refractivity contribution in [2.24, 2.45) is 5.92 Å². The maximum Gasteiger partial charge on any atom is 0.322 e. The van der Waals surface area contributed by atoms with Crippen LogP contribution in [0.25, 0.3) is 27.7 Å². The van der Waals surface area contributed by atoms with Gasteiger partial charge in [-0.05, 0) is 36.4 Å². The first kappa shape index (κ1) is 26.7. The fraction of sp³-hybridized carbons (Fsp3) is 0.182. The summed E-state index contributed by atoms with van der Waals surface area (Å²) in [7, 11) is 0. The van der Waals surface area contributed by atoms with Gasteiger partial charge in [-0.25, -0.2) is 9.48 Å². The van der Waals surface area contributed by atoms with E-state index in [0.717, 1.165) is 33.3 Å². The summed E-state index contributed by atoms with van der Waals surface area (Å²) in [5.74, 6) is 0.405. The third-order valence-electron chi connectivity index (χ3n) is 6.56. The predicted octanol–water partition coefficient (Wildman–Crippen LogP) is 7.13. The Morgan fingerprint density at radius 1 is 0.850 bits per heavy atom. The fourth-order valence-corrected chi connectivity index (χ4v) is 4.65. The molecule has 1 heterocycles. The molecule has 3 amide bonds. The van der Waals surface area contributed by atoms with Crippen LogP contribution in [-0.4, -0.2) is 39.7 Å². The van der Waals surface area contributed by atoms with Crippen LogP contribution in [0, 0.1) is 12.8 Å². The molecule has 0 saturated carbocycles. The standard InChI is InChI=1S/C33H33N5O2/c1-23(2)21-37(33(40)34-29-15-9-13-25-10-7-8-14-28(25)29)22-32(39)35-31-20-30(26-11-5-4-6-12-26)36-38(31)27-18-16-24(3)17-19-27/h4-20,23H,21-22H2,1-3H3,(H,34,40)(H,35,39). The minimum Gasteiger partial charge on any atom is -0.315 e. The molecule has 0 radical (unpaired) electrons. The lowest BCUT2D eigenvalue weighted by atomic mass is 10.1. The number of fused-ring (bicyclic) bond motifs is 1. The van der Waals surface area contributed by atoms with Crippen molar-refractivity contribution in [2.75, 3.05) is 23.7 Å². The zero-order chi connectivity index (χ0) is 28.1. The molecule has 7 heteroatoms. The van der Waals surface area contributed by atoms with Gasteiger partial charge >= 0.3 is 6.03 Å². The van der Waals surface area contributed by atoms with Crippen LogP contribution in [0.3, 0.4) is 0 Å². The van der Waals surface area contributed by atoms with Gasteiger partial charge < -0.3 is 15.5 Å². The number of rotatable bonds is 8. The molecule has 0 bridgehead atoms. The van der Waals surface area contributed by atoms with E-state index in [1.54, 1.807) is 9.58 Å². The highest BCUT2D eigenvalue weighted by Gasteiger charge is 2.21. The molecule has 5 rings (SSSR count). The highest BCUT2D eigenvalue weighted by Crippen LogP contribution is 2.26. The van der Waals surface area contributed by atoms with E-state index in [-0.39, 0.29) is 24.4 Å². The van der Waals surface area contributed by atoms with Gasteiger partial charge in [0.2, 0.25) is 5.91 Å². The number of nitrogens with one attached hydrogen (secondary N) is 2. The summed E-state index contributed by atoms with van der Waals surface area (Å²) in [5, 5.41) is 12.8. The molecular weight excluding hydrogens is 498 g/mol. The zero-order valence-corrected chi connectivity index (χ0v) is 23.0. The van der Waals surface area contributed by atoms with Crippen molar-refractivity contribution in [1.82, 2.24) is 14.7 Å². The lowest BCUT2D eigenvalue weighted by Crippen LogP contribution is -2.42. The first-order valence-electron chi connectivity index (χ1n) is 13.4. The number of carbonyl (C=O) groups is 2. The van der Waals surface area contributed by atoms with Crippen molar-refractivity contribution < 1.29 is 9.59 Å². The SMILES string of the molecule is Cc1ccc(-n2nc(-c3ccccc3)cc2NC(=O)CN(CC(C)C)C(=O)Nc2cccc3ccccc23)cc1. The Bertz CT molecular complexity index is 1620. The molecule has 5 aromatic rings. The maximum absolute atomic E-state index is 13.4. The summed E-state index contributed by atoms with van der Waals surface area (Å²) in [6, 6.07) is 33.0. The average molecular weight is 532 g/mol. The number of aryl methyl sites for hydroxylation is 1. The molecule has 0 aliphatic rings. The molecule has 0 aliphatic carbocycles. The van der Waals surface area contributed by atoms with Crippen molar-refractivity contribution in [3.63, 3.8) is 0 Å². The maximum atomic E-state index is 13.4. The summed E-state index contributed by atoms with van der Waals surface area (Å²) >= 11 is 0. The van der Waals surface area contributed by atoms with Crippen LogP contribution in [0.2, 0.25) is 0 Å². The summed E-state index contributed by atoms with van der Waals surface area (Å²) < 4.78 is 1.72. The lowest BCUT2D eigenvalue weighted by molar-refractivity contribution is -0.116. The highest BCUT2D eigenvalue weighted by molar-refractivity contribution is 6.03. The predicted molar refractivity (Wildman–Crippen MR) is 162 cm³/mol. The van der Waals surface area contributed by atoms with E-state index < -0.39 is 0 Å². The Labute approximate surface area is 234 Å². The second-order valence-electron chi connectivity index (χ2n) is 10.3. The Morgan fingerprint density at radius 2 is 1.55 bits per heavy atom. The quantitative estimate of drug-likeness (QED) is 0.224. The van der Waals surface area contributed by atoms with Crippen molar-refractivity contribution in [3.8, 4) is 16.9 Å². The van der Waals surface area contributed by atoms with Crippen LogP contribution in [0.1, 0.15) is 19.4 Å². The Morgan fingerprint density at radius 3 is 2.30 bits per heavy atom. The Balaban J connectivity index is 1.38. The van der Waals surface area contributed by atoms with Gasteiger partial charge in [-0.3, -0.25) is 4.79 Å². The van der Waals surface area contributed by atoms with Gasteiger partial charge in [0.1, 0.15) is 12.4 Å². The van der Waals surface area contributed by atoms with Crippen LogP contribution in [0.5, 0.6) is 0 Å². The smallest absolute Gasteiger partial charge is 0.315 e. The number of anilines is 2. The number of hydrogen-bond acceptors (Lipinski definition) is 3. The molecule has 0 saturated heterocycles. The lowest BCUT2D eigenvalue weighted by Gasteiger charge is -2.25. The van der Waals surface area contributed by atoms with E-state index >= 15 is 0 Å². The number of carbonyl (C=O) groups excluding carboxylic acids is 2. The zero-order valence-electron chi connectivity index (χ0n) is 23.0. The second kappa shape index (κ2) is 11.9. The summed E-state index contributed by atoms with van der Waals surface area (Å²) in [4.78, 5) is 28.3. The van der Waals surface area contributed by atoms with Gasteiger partial charge in [-0.15, -0.1) is 0 Å². The molecule has 4 aromatic carbocycles. The molecule has 7 nitrogen and oxygen atoms in total. The van der Waals surface area contributed by atoms with Crippen molar-refractivity contribution >= 4 is 34.2 Å². The van der Waals surface area contributed by atoms with Gasteiger partial charge in [0, 0.05) is 23.6 Å². The molecular formula is C33H33N5O2. The number of urea groups is 1. The van der Waals surface area contributed by atoms with Gasteiger partial charge in [0.15, 0.2) is 0 Å². The van der Waals surface area contributed by atoms with E-state index in [9.17, 15) is 9.59 Å². The fourth-order valence-electron chi connectivity index (χ4n) is 4.65. The Hall–Kier alpha value is -4.91. The van der Waals surface area contributed by atoms with E-state index in [1.807, 2.05) is 124 Å². The van der Waals surface area contributed by atoms with E-state index in [0.29, 0.717) is 18.1 Å². The highest BCUT2D eigenvalue weighted by atomic mass is 16.2. The monoisotopic (exact) mass is 531 g/mol. The number of benzene rings is 4. The molecule has 40 heavy (non-hydrogen) atoms.